The molecule has 0 aliphatic rings. The Bertz CT molecular complexity index is 1600. The van der Waals surface area contributed by atoms with Crippen molar-refractivity contribution in [1.29, 1.82) is 0 Å². The summed E-state index contributed by atoms with van der Waals surface area (Å²) >= 11 is 0. The van der Waals surface area contributed by atoms with Crippen LogP contribution >= 0.6 is 0 Å². The first-order valence-corrected chi connectivity index (χ1v) is 32.0. The van der Waals surface area contributed by atoms with E-state index < -0.39 is 6.10 Å². The van der Waals surface area contributed by atoms with Crippen molar-refractivity contribution in [2.24, 2.45) is 0 Å². The highest BCUT2D eigenvalue weighted by molar-refractivity contribution is 5.71. The van der Waals surface area contributed by atoms with E-state index in [4.69, 9.17) is 14.2 Å². The van der Waals surface area contributed by atoms with E-state index in [9.17, 15) is 14.4 Å². The molecule has 6 heteroatoms. The lowest BCUT2D eigenvalue weighted by molar-refractivity contribution is -0.167. The molecule has 0 aliphatic heterocycles. The van der Waals surface area contributed by atoms with E-state index in [0.717, 1.165) is 116 Å². The molecule has 0 amide bonds. The van der Waals surface area contributed by atoms with Gasteiger partial charge in [0.05, 0.1) is 0 Å². The smallest absolute Gasteiger partial charge is 0.306 e. The van der Waals surface area contributed by atoms with Crippen molar-refractivity contribution in [3.05, 3.63) is 122 Å². The van der Waals surface area contributed by atoms with Crippen molar-refractivity contribution >= 4 is 17.9 Å². The summed E-state index contributed by atoms with van der Waals surface area (Å²) in [5.74, 6) is -0.942. The van der Waals surface area contributed by atoms with Crippen LogP contribution in [0.2, 0.25) is 0 Å². The Kier molecular flexibility index (Phi) is 60.8. The zero-order valence-electron chi connectivity index (χ0n) is 50.2. The van der Waals surface area contributed by atoms with Crippen LogP contribution in [0.5, 0.6) is 0 Å². The second-order valence-electron chi connectivity index (χ2n) is 20.9. The number of carbonyl (C=O) groups is 3. The number of unbranched alkanes of at least 4 members (excludes halogenated alkanes) is 26. The van der Waals surface area contributed by atoms with Crippen molar-refractivity contribution in [2.75, 3.05) is 13.2 Å². The summed E-state index contributed by atoms with van der Waals surface area (Å²) < 4.78 is 16.9. The van der Waals surface area contributed by atoms with Crippen molar-refractivity contribution in [2.45, 2.75) is 297 Å². The zero-order chi connectivity index (χ0) is 55.7. The van der Waals surface area contributed by atoms with Gasteiger partial charge in [0.2, 0.25) is 0 Å². The Morgan fingerprint density at radius 3 is 0.844 bits per heavy atom. The van der Waals surface area contributed by atoms with Gasteiger partial charge in [0.1, 0.15) is 13.2 Å². The summed E-state index contributed by atoms with van der Waals surface area (Å²) in [4.78, 5) is 38.3. The van der Waals surface area contributed by atoms with Gasteiger partial charge in [-0.15, -0.1) is 0 Å². The molecule has 0 aromatic rings. The monoisotopic (exact) mass is 1070 g/mol. The minimum absolute atomic E-state index is 0.0951. The van der Waals surface area contributed by atoms with Gasteiger partial charge in [-0.25, -0.2) is 0 Å². The average molecular weight is 1070 g/mol. The summed E-state index contributed by atoms with van der Waals surface area (Å²) in [6.45, 7) is 6.48. The van der Waals surface area contributed by atoms with Gasteiger partial charge in [-0.2, -0.15) is 0 Å². The molecule has 0 N–H and O–H groups in total. The molecule has 0 fully saturated rings. The quantitative estimate of drug-likeness (QED) is 0.0261. The molecule has 0 saturated carbocycles. The fourth-order valence-electron chi connectivity index (χ4n) is 8.67. The largest absolute Gasteiger partial charge is 0.462 e. The van der Waals surface area contributed by atoms with E-state index >= 15 is 0 Å². The highest BCUT2D eigenvalue weighted by Crippen LogP contribution is 2.16. The van der Waals surface area contributed by atoms with Crippen molar-refractivity contribution in [3.63, 3.8) is 0 Å². The minimum atomic E-state index is -0.803. The lowest BCUT2D eigenvalue weighted by Crippen LogP contribution is -2.30. The molecule has 0 rings (SSSR count). The van der Waals surface area contributed by atoms with Crippen molar-refractivity contribution in [3.8, 4) is 0 Å². The topological polar surface area (TPSA) is 78.9 Å². The van der Waals surface area contributed by atoms with E-state index in [1.54, 1.807) is 0 Å². The van der Waals surface area contributed by atoms with Crippen LogP contribution in [0.25, 0.3) is 0 Å². The van der Waals surface area contributed by atoms with Crippen LogP contribution in [0.3, 0.4) is 0 Å². The normalized spacial score (nSPS) is 12.9. The Balaban J connectivity index is 4.45. The molecule has 0 aliphatic carbocycles. The third-order valence-corrected chi connectivity index (χ3v) is 13.5. The average Bonchev–Trinajstić information content (AvgIpc) is 3.43. The van der Waals surface area contributed by atoms with Gasteiger partial charge in [0, 0.05) is 19.3 Å². The predicted octanol–water partition coefficient (Wildman–Crippen LogP) is 22.0. The van der Waals surface area contributed by atoms with E-state index in [2.05, 4.69) is 142 Å². The fraction of sp³-hybridized carbons (Fsp3) is 0.676. The third-order valence-electron chi connectivity index (χ3n) is 13.5. The lowest BCUT2D eigenvalue weighted by Gasteiger charge is -2.18. The van der Waals surface area contributed by atoms with Crippen LogP contribution in [-0.4, -0.2) is 37.2 Å². The van der Waals surface area contributed by atoms with Crippen LogP contribution in [-0.2, 0) is 28.6 Å². The summed E-state index contributed by atoms with van der Waals surface area (Å²) in [7, 11) is 0. The second-order valence-corrected chi connectivity index (χ2v) is 20.9. The number of allylic oxidation sites excluding steroid dienone is 20. The number of ether oxygens (including phenoxy) is 3. The first kappa shape index (κ1) is 72.8. The Labute approximate surface area is 475 Å². The van der Waals surface area contributed by atoms with Gasteiger partial charge in [-0.3, -0.25) is 14.4 Å². The number of hydrogen-bond donors (Lipinski definition) is 0. The SMILES string of the molecule is CC/C=C\C/C=C\C/C=C\C/C=C\C/C=C\C/C=C\C/C=C\C/C=C\CCCCC(=O)OCC(COC(=O)CCCCCCCCCCCCCCCCC)OC(=O)CCCCCCCCC/C=C\C/C=C\CCCCC. The Morgan fingerprint density at radius 1 is 0.273 bits per heavy atom. The van der Waals surface area contributed by atoms with Crippen LogP contribution in [0.4, 0.5) is 0 Å². The summed E-state index contributed by atoms with van der Waals surface area (Å²) in [5.41, 5.74) is 0. The summed E-state index contributed by atoms with van der Waals surface area (Å²) in [6, 6.07) is 0. The third kappa shape index (κ3) is 62.5. The molecule has 0 spiro atoms. The molecular formula is C71H118O6. The lowest BCUT2D eigenvalue weighted by atomic mass is 10.0. The van der Waals surface area contributed by atoms with Gasteiger partial charge in [-0.05, 0) is 116 Å². The van der Waals surface area contributed by atoms with Crippen LogP contribution in [0, 0.1) is 0 Å². The molecule has 438 valence electrons. The standard InChI is InChI=1S/C71H118O6/c1-4-7-10-13-16-19-22-25-28-30-31-32-33-34-35-36-37-38-39-41-43-46-49-52-55-58-61-64-70(73)76-67-68(66-75-69(72)63-60-57-54-51-48-45-42-27-24-21-18-15-12-9-6-3)77-71(74)65-62-59-56-53-50-47-44-40-29-26-23-20-17-14-11-8-5-2/h7,10,16-17,19-20,25-26,28-29,31-32,34-35,37-38,41,43,49,52,68H,4-6,8-9,11-15,18,21-24,27,30,33,36,39-40,42,44-48,50-51,53-67H2,1-3H3/b10-7-,19-16-,20-17-,28-25-,29-26-,32-31-,35-34-,38-37-,43-41-,52-49-. The molecule has 0 bridgehead atoms. The minimum Gasteiger partial charge on any atom is -0.462 e. The summed E-state index contributed by atoms with van der Waals surface area (Å²) in [5, 5.41) is 0. The molecular weight excluding hydrogens is 949 g/mol. The Hall–Kier alpha value is -4.19. The van der Waals surface area contributed by atoms with Gasteiger partial charge in [-0.1, -0.05) is 277 Å². The molecule has 77 heavy (non-hydrogen) atoms. The Morgan fingerprint density at radius 2 is 0.506 bits per heavy atom. The van der Waals surface area contributed by atoms with E-state index in [0.29, 0.717) is 25.7 Å². The van der Waals surface area contributed by atoms with Crippen LogP contribution in [0.15, 0.2) is 122 Å². The first-order chi connectivity index (χ1) is 38.0. The fourth-order valence-corrected chi connectivity index (χ4v) is 8.67. The van der Waals surface area contributed by atoms with E-state index in [1.165, 1.54) is 128 Å². The second kappa shape index (κ2) is 64.3. The highest BCUT2D eigenvalue weighted by Gasteiger charge is 2.19. The number of esters is 3. The molecule has 1 atom stereocenters. The van der Waals surface area contributed by atoms with Crippen LogP contribution < -0.4 is 0 Å². The molecule has 6 nitrogen and oxygen atoms in total. The van der Waals surface area contributed by atoms with Gasteiger partial charge in [0.25, 0.3) is 0 Å². The summed E-state index contributed by atoms with van der Waals surface area (Å²) in [6.07, 6.45) is 89.1. The maximum absolute atomic E-state index is 12.9. The van der Waals surface area contributed by atoms with E-state index in [-0.39, 0.29) is 31.1 Å². The number of rotatable bonds is 57. The molecule has 1 unspecified atom stereocenters. The van der Waals surface area contributed by atoms with Crippen molar-refractivity contribution < 1.29 is 28.6 Å². The van der Waals surface area contributed by atoms with Gasteiger partial charge in [0.15, 0.2) is 6.10 Å². The molecule has 0 radical (unpaired) electrons. The predicted molar refractivity (Wildman–Crippen MR) is 334 cm³/mol. The van der Waals surface area contributed by atoms with Gasteiger partial charge < -0.3 is 14.2 Å². The maximum Gasteiger partial charge on any atom is 0.306 e. The zero-order valence-corrected chi connectivity index (χ0v) is 50.2. The van der Waals surface area contributed by atoms with Gasteiger partial charge >= 0.3 is 17.9 Å². The molecule has 0 saturated heterocycles. The van der Waals surface area contributed by atoms with Crippen LogP contribution in [0.1, 0.15) is 290 Å². The van der Waals surface area contributed by atoms with Crippen molar-refractivity contribution in [1.82, 2.24) is 0 Å². The molecule has 0 heterocycles. The highest BCUT2D eigenvalue weighted by atomic mass is 16.6. The first-order valence-electron chi connectivity index (χ1n) is 32.0. The number of carbonyl (C=O) groups excluding carboxylic acids is 3. The number of hydrogen-bond acceptors (Lipinski definition) is 6. The molecule has 0 aromatic carbocycles. The molecule has 0 aromatic heterocycles. The maximum atomic E-state index is 12.9. The van der Waals surface area contributed by atoms with E-state index in [1.807, 2.05) is 0 Å².